The fraction of sp³-hybridized carbons (Fsp3) is 0.455. The Labute approximate surface area is 290 Å². The van der Waals surface area contributed by atoms with E-state index in [9.17, 15) is 20.4 Å². The van der Waals surface area contributed by atoms with E-state index in [1.807, 2.05) is 24.3 Å². The minimum atomic E-state index is -0.235. The molecule has 4 N–H and O–H groups in total. The number of hydrogen-bond acceptors (Lipinski definition) is 4. The van der Waals surface area contributed by atoms with Gasteiger partial charge >= 0.3 is 0 Å². The lowest BCUT2D eigenvalue weighted by Gasteiger charge is -2.31. The Hall–Kier alpha value is -3.92. The molecule has 0 aromatic heterocycles. The first kappa shape index (κ1) is 38.5. The van der Waals surface area contributed by atoms with Crippen LogP contribution >= 0.6 is 0 Å². The fourth-order valence-electron chi connectivity index (χ4n) is 6.20. The highest BCUT2D eigenvalue weighted by Crippen LogP contribution is 2.41. The minimum Gasteiger partial charge on any atom is -0.508 e. The van der Waals surface area contributed by atoms with Crippen LogP contribution in [0.5, 0.6) is 23.0 Å². The van der Waals surface area contributed by atoms with Crippen LogP contribution in [0.3, 0.4) is 0 Å². The monoisotopic (exact) mass is 652 g/mol. The predicted molar refractivity (Wildman–Crippen MR) is 202 cm³/mol. The fourth-order valence-corrected chi connectivity index (χ4v) is 6.20. The quantitative estimate of drug-likeness (QED) is 0.167. The van der Waals surface area contributed by atoms with Gasteiger partial charge in [-0.2, -0.15) is 0 Å². The third-order valence-electron chi connectivity index (χ3n) is 9.79. The van der Waals surface area contributed by atoms with E-state index in [0.29, 0.717) is 23.0 Å². The average Bonchev–Trinajstić information content (AvgIpc) is 2.96. The molecule has 4 heteroatoms. The van der Waals surface area contributed by atoms with E-state index < -0.39 is 0 Å². The Bertz CT molecular complexity index is 1600. The first-order chi connectivity index (χ1) is 21.9. The van der Waals surface area contributed by atoms with Crippen LogP contribution in [-0.4, -0.2) is 20.4 Å². The molecule has 0 aliphatic heterocycles. The van der Waals surface area contributed by atoms with E-state index in [1.165, 1.54) is 11.1 Å². The number of phenols is 4. The van der Waals surface area contributed by atoms with Gasteiger partial charge in [0.15, 0.2) is 0 Å². The van der Waals surface area contributed by atoms with Crippen molar-refractivity contribution in [3.63, 3.8) is 0 Å². The molecule has 0 heterocycles. The summed E-state index contributed by atoms with van der Waals surface area (Å²) in [5, 5.41) is 40.6. The van der Waals surface area contributed by atoms with Crippen LogP contribution in [-0.2, 0) is 21.7 Å². The third-order valence-corrected chi connectivity index (χ3v) is 9.79. The molecule has 4 aromatic carbocycles. The molecule has 0 amide bonds. The molecular weight excluding hydrogens is 592 g/mol. The zero-order chi connectivity index (χ0) is 36.6. The number of benzene rings is 4. The van der Waals surface area contributed by atoms with Gasteiger partial charge in [-0.1, -0.05) is 145 Å². The van der Waals surface area contributed by atoms with Gasteiger partial charge in [0.2, 0.25) is 0 Å². The lowest BCUT2D eigenvalue weighted by atomic mass is 9.73. The molecule has 0 fully saturated rings. The summed E-state index contributed by atoms with van der Waals surface area (Å²) in [6.07, 6.45) is 0. The molecule has 4 rings (SSSR count). The van der Waals surface area contributed by atoms with Crippen molar-refractivity contribution < 1.29 is 20.4 Å². The number of aromatic hydroxyl groups is 4. The second-order valence-corrected chi connectivity index (χ2v) is 17.1. The van der Waals surface area contributed by atoms with Gasteiger partial charge in [-0.05, 0) is 91.4 Å². The van der Waals surface area contributed by atoms with Crippen molar-refractivity contribution in [2.45, 2.75) is 130 Å². The molecule has 0 unspecified atom stereocenters. The van der Waals surface area contributed by atoms with Crippen molar-refractivity contribution in [1.29, 1.82) is 0 Å². The highest BCUT2D eigenvalue weighted by Gasteiger charge is 2.29. The topological polar surface area (TPSA) is 80.9 Å². The van der Waals surface area contributed by atoms with E-state index in [2.05, 4.69) is 121 Å². The largest absolute Gasteiger partial charge is 0.508 e. The number of rotatable bonds is 6. The summed E-state index contributed by atoms with van der Waals surface area (Å²) >= 11 is 0. The van der Waals surface area contributed by atoms with Crippen LogP contribution < -0.4 is 0 Å². The minimum absolute atomic E-state index is 0.123. The molecule has 0 aliphatic carbocycles. The lowest BCUT2D eigenvalue weighted by Crippen LogP contribution is -2.22. The van der Waals surface area contributed by atoms with Crippen molar-refractivity contribution in [2.24, 2.45) is 0 Å². The molecule has 0 atom stereocenters. The van der Waals surface area contributed by atoms with E-state index in [4.69, 9.17) is 0 Å². The normalized spacial score (nSPS) is 12.7. The predicted octanol–water partition coefficient (Wildman–Crippen LogP) is 11.7. The Morgan fingerprint density at radius 2 is 0.625 bits per heavy atom. The van der Waals surface area contributed by atoms with E-state index >= 15 is 0 Å². The Kier molecular flexibility index (Phi) is 11.2. The summed E-state index contributed by atoms with van der Waals surface area (Å²) in [5.41, 5.74) is 7.80. The molecule has 4 aromatic rings. The standard InChI is InChI=1S/C23H32O2.C21H28O2/c1-21(2,3)17-13-15(9-11-19(17)24)23(7,8)16-10-12-20(25)18(14-16)22(4,5)6;1-13(2)17-11-15(7-9-19(17)22)21(5,6)16-8-10-20(23)18(12-16)14(3)4/h9-14,24-25H,1-8H3;7-14,22-23H,1-6H3. The van der Waals surface area contributed by atoms with E-state index in [-0.39, 0.29) is 33.5 Å². The molecule has 0 saturated heterocycles. The Balaban J connectivity index is 0.000000261. The van der Waals surface area contributed by atoms with Gasteiger partial charge < -0.3 is 20.4 Å². The summed E-state index contributed by atoms with van der Waals surface area (Å²) in [5.74, 6) is 1.94. The molecule has 0 aliphatic rings. The van der Waals surface area contributed by atoms with Crippen molar-refractivity contribution in [2.75, 3.05) is 0 Å². The van der Waals surface area contributed by atoms with Gasteiger partial charge in [0.05, 0.1) is 0 Å². The first-order valence-electron chi connectivity index (χ1n) is 17.2. The van der Waals surface area contributed by atoms with Crippen LogP contribution in [0.1, 0.15) is 153 Å². The summed E-state index contributed by atoms with van der Waals surface area (Å²) in [6, 6.07) is 23.5. The molecular formula is C44H60O4. The van der Waals surface area contributed by atoms with Crippen molar-refractivity contribution in [3.05, 3.63) is 117 Å². The molecule has 0 radical (unpaired) electrons. The van der Waals surface area contributed by atoms with E-state index in [1.54, 1.807) is 24.3 Å². The van der Waals surface area contributed by atoms with Crippen LogP contribution in [0.4, 0.5) is 0 Å². The van der Waals surface area contributed by atoms with Gasteiger partial charge in [0.25, 0.3) is 0 Å². The maximum Gasteiger partial charge on any atom is 0.119 e. The second-order valence-electron chi connectivity index (χ2n) is 17.1. The summed E-state index contributed by atoms with van der Waals surface area (Å²) in [7, 11) is 0. The number of phenolic OH excluding ortho intramolecular Hbond substituents is 4. The van der Waals surface area contributed by atoms with Crippen molar-refractivity contribution >= 4 is 0 Å². The molecule has 48 heavy (non-hydrogen) atoms. The van der Waals surface area contributed by atoms with Gasteiger partial charge in [-0.15, -0.1) is 0 Å². The Morgan fingerprint density at radius 1 is 0.375 bits per heavy atom. The zero-order valence-electron chi connectivity index (χ0n) is 31.9. The van der Waals surface area contributed by atoms with Gasteiger partial charge in [-0.3, -0.25) is 0 Å². The third kappa shape index (κ3) is 8.38. The van der Waals surface area contributed by atoms with E-state index in [0.717, 1.165) is 33.4 Å². The summed E-state index contributed by atoms with van der Waals surface area (Å²) in [4.78, 5) is 0. The highest BCUT2D eigenvalue weighted by molar-refractivity contribution is 5.50. The Morgan fingerprint density at radius 3 is 0.875 bits per heavy atom. The van der Waals surface area contributed by atoms with Crippen LogP contribution in [0.2, 0.25) is 0 Å². The zero-order valence-corrected chi connectivity index (χ0v) is 31.9. The lowest BCUT2D eigenvalue weighted by molar-refractivity contribution is 0.444. The van der Waals surface area contributed by atoms with Crippen LogP contribution in [0.25, 0.3) is 0 Å². The van der Waals surface area contributed by atoms with Crippen molar-refractivity contribution in [3.8, 4) is 23.0 Å². The van der Waals surface area contributed by atoms with Gasteiger partial charge in [-0.25, -0.2) is 0 Å². The molecule has 0 spiro atoms. The molecule has 4 nitrogen and oxygen atoms in total. The summed E-state index contributed by atoms with van der Waals surface area (Å²) < 4.78 is 0. The van der Waals surface area contributed by atoms with Gasteiger partial charge in [0, 0.05) is 10.8 Å². The number of hydrogen-bond donors (Lipinski definition) is 4. The molecule has 260 valence electrons. The van der Waals surface area contributed by atoms with Crippen LogP contribution in [0, 0.1) is 0 Å². The van der Waals surface area contributed by atoms with Crippen LogP contribution in [0.15, 0.2) is 72.8 Å². The average molecular weight is 653 g/mol. The highest BCUT2D eigenvalue weighted by atomic mass is 16.3. The van der Waals surface area contributed by atoms with Gasteiger partial charge in [0.1, 0.15) is 23.0 Å². The van der Waals surface area contributed by atoms with Crippen molar-refractivity contribution in [1.82, 2.24) is 0 Å². The maximum absolute atomic E-state index is 10.3. The summed E-state index contributed by atoms with van der Waals surface area (Å²) in [6.45, 7) is 29.7. The maximum atomic E-state index is 10.3. The second kappa shape index (κ2) is 13.9. The first-order valence-corrected chi connectivity index (χ1v) is 17.2. The molecule has 0 saturated carbocycles. The SMILES string of the molecule is CC(C)(C)c1cc(C(C)(C)c2ccc(O)c(C(C)(C)C)c2)ccc1O.CC(C)c1cc(C(C)(C)c2ccc(O)c(C(C)C)c2)ccc1O. The molecule has 0 bridgehead atoms. The smallest absolute Gasteiger partial charge is 0.119 e.